The molecule has 0 amide bonds. The first-order valence-electron chi connectivity index (χ1n) is 5.74. The maximum Gasteiger partial charge on any atom is 0.0695 e. The fourth-order valence-corrected chi connectivity index (χ4v) is 2.84. The van der Waals surface area contributed by atoms with E-state index in [1.54, 1.807) is 0 Å². The third-order valence-electron chi connectivity index (χ3n) is 3.36. The smallest absolute Gasteiger partial charge is 0.0695 e. The van der Waals surface area contributed by atoms with Gasteiger partial charge in [-0.2, -0.15) is 0 Å². The van der Waals surface area contributed by atoms with Crippen LogP contribution in [0.5, 0.6) is 0 Å². The Morgan fingerprint density at radius 3 is 2.29 bits per heavy atom. The molecule has 3 heteroatoms. The van der Waals surface area contributed by atoms with Gasteiger partial charge in [0.25, 0.3) is 0 Å². The number of nitrogens with zero attached hydrogens (tertiary/aromatic N) is 1. The van der Waals surface area contributed by atoms with Crippen LogP contribution in [0.25, 0.3) is 0 Å². The van der Waals surface area contributed by atoms with Gasteiger partial charge in [0.05, 0.1) is 18.3 Å². The molecule has 1 saturated heterocycles. The van der Waals surface area contributed by atoms with Gasteiger partial charge in [-0.15, -0.1) is 0 Å². The molecule has 2 aliphatic rings. The van der Waals surface area contributed by atoms with Crippen molar-refractivity contribution in [2.45, 2.75) is 57.5 Å². The summed E-state index contributed by atoms with van der Waals surface area (Å²) in [5, 5.41) is 9.83. The molecule has 1 N–H and O–H groups in total. The zero-order valence-electron chi connectivity index (χ0n) is 9.15. The lowest BCUT2D eigenvalue weighted by molar-refractivity contribution is -0.0911. The Balaban J connectivity index is 1.95. The van der Waals surface area contributed by atoms with Gasteiger partial charge in [-0.1, -0.05) is 0 Å². The van der Waals surface area contributed by atoms with E-state index in [0.29, 0.717) is 18.2 Å². The topological polar surface area (TPSA) is 32.7 Å². The number of rotatable bonds is 1. The molecule has 1 aliphatic carbocycles. The first-order valence-corrected chi connectivity index (χ1v) is 5.74. The molecule has 82 valence electrons. The third-order valence-corrected chi connectivity index (χ3v) is 3.36. The molecule has 0 bridgehead atoms. The molecule has 0 aromatic carbocycles. The molecule has 4 atom stereocenters. The van der Waals surface area contributed by atoms with Crippen LogP contribution in [0.15, 0.2) is 0 Å². The van der Waals surface area contributed by atoms with Gasteiger partial charge in [-0.25, -0.2) is 0 Å². The van der Waals surface area contributed by atoms with Gasteiger partial charge < -0.3 is 9.84 Å². The molecule has 14 heavy (non-hydrogen) atoms. The molecule has 3 nitrogen and oxygen atoms in total. The normalized spacial score (nSPS) is 45.6. The van der Waals surface area contributed by atoms with Crippen LogP contribution in [0.2, 0.25) is 0 Å². The van der Waals surface area contributed by atoms with Crippen LogP contribution in [-0.4, -0.2) is 47.4 Å². The van der Waals surface area contributed by atoms with Crippen molar-refractivity contribution in [1.29, 1.82) is 0 Å². The predicted octanol–water partition coefficient (Wildman–Crippen LogP) is 1.01. The van der Waals surface area contributed by atoms with Crippen LogP contribution in [0.3, 0.4) is 0 Å². The summed E-state index contributed by atoms with van der Waals surface area (Å²) in [4.78, 5) is 2.41. The quantitative estimate of drug-likeness (QED) is 0.684. The minimum atomic E-state index is -0.104. The average Bonchev–Trinajstić information content (AvgIpc) is 2.49. The van der Waals surface area contributed by atoms with Gasteiger partial charge >= 0.3 is 0 Å². The SMILES string of the molecule is CC1CN([C@@H]2CCC[C@H]2O)CC(C)O1. The van der Waals surface area contributed by atoms with Crippen LogP contribution >= 0.6 is 0 Å². The summed E-state index contributed by atoms with van der Waals surface area (Å²) < 4.78 is 5.69. The van der Waals surface area contributed by atoms with Gasteiger partial charge in [0.1, 0.15) is 0 Å². The second-order valence-electron chi connectivity index (χ2n) is 4.78. The van der Waals surface area contributed by atoms with E-state index >= 15 is 0 Å². The van der Waals surface area contributed by atoms with Gasteiger partial charge in [0, 0.05) is 19.1 Å². The van der Waals surface area contributed by atoms with Crippen LogP contribution in [0.4, 0.5) is 0 Å². The lowest BCUT2D eigenvalue weighted by Gasteiger charge is -2.39. The fourth-order valence-electron chi connectivity index (χ4n) is 2.84. The number of aliphatic hydroxyl groups excluding tert-OH is 1. The average molecular weight is 199 g/mol. The number of hydrogen-bond acceptors (Lipinski definition) is 3. The second-order valence-corrected chi connectivity index (χ2v) is 4.78. The van der Waals surface area contributed by atoms with Gasteiger partial charge in [-0.05, 0) is 33.1 Å². The van der Waals surface area contributed by atoms with Gasteiger partial charge in [0.2, 0.25) is 0 Å². The summed E-state index contributed by atoms with van der Waals surface area (Å²) in [7, 11) is 0. The third kappa shape index (κ3) is 2.10. The minimum absolute atomic E-state index is 0.104. The standard InChI is InChI=1S/C11H21NO2/c1-8-6-12(7-9(2)14-8)10-4-3-5-11(10)13/h8-11,13H,3-7H2,1-2H3/t8?,9?,10-,11-/m1/s1. The zero-order chi connectivity index (χ0) is 10.1. The van der Waals surface area contributed by atoms with Gasteiger partial charge in [-0.3, -0.25) is 4.90 Å². The Labute approximate surface area is 86.0 Å². The van der Waals surface area contributed by atoms with E-state index in [2.05, 4.69) is 18.7 Å². The highest BCUT2D eigenvalue weighted by Crippen LogP contribution is 2.26. The molecule has 0 radical (unpaired) electrons. The van der Waals surface area contributed by atoms with Gasteiger partial charge in [0.15, 0.2) is 0 Å². The summed E-state index contributed by atoms with van der Waals surface area (Å²) in [5.74, 6) is 0. The Bertz CT molecular complexity index is 188. The molecule has 2 rings (SSSR count). The lowest BCUT2D eigenvalue weighted by atomic mass is 10.1. The molecular weight excluding hydrogens is 178 g/mol. The highest BCUT2D eigenvalue weighted by molar-refractivity contribution is 4.88. The van der Waals surface area contributed by atoms with Crippen molar-refractivity contribution in [2.75, 3.05) is 13.1 Å². The van der Waals surface area contributed by atoms with Crippen molar-refractivity contribution in [3.63, 3.8) is 0 Å². The minimum Gasteiger partial charge on any atom is -0.391 e. The van der Waals surface area contributed by atoms with Crippen LogP contribution in [0, 0.1) is 0 Å². The van der Waals surface area contributed by atoms with E-state index in [4.69, 9.17) is 4.74 Å². The van der Waals surface area contributed by atoms with E-state index in [0.717, 1.165) is 25.9 Å². The highest BCUT2D eigenvalue weighted by Gasteiger charge is 2.34. The Kier molecular flexibility index (Phi) is 3.10. The maximum atomic E-state index is 9.83. The molecule has 0 spiro atoms. The Morgan fingerprint density at radius 2 is 1.79 bits per heavy atom. The lowest BCUT2D eigenvalue weighted by Crippen LogP contribution is -2.52. The number of morpholine rings is 1. The van der Waals surface area contributed by atoms with Crippen molar-refractivity contribution < 1.29 is 9.84 Å². The Hall–Kier alpha value is -0.120. The Morgan fingerprint density at radius 1 is 1.14 bits per heavy atom. The monoisotopic (exact) mass is 199 g/mol. The maximum absolute atomic E-state index is 9.83. The van der Waals surface area contributed by atoms with E-state index in [1.165, 1.54) is 6.42 Å². The van der Waals surface area contributed by atoms with E-state index in [1.807, 2.05) is 0 Å². The number of ether oxygens (including phenoxy) is 1. The van der Waals surface area contributed by atoms with Crippen molar-refractivity contribution in [3.05, 3.63) is 0 Å². The largest absolute Gasteiger partial charge is 0.391 e. The molecule has 2 fully saturated rings. The summed E-state index contributed by atoms with van der Waals surface area (Å²) in [6.07, 6.45) is 3.82. The molecule has 1 saturated carbocycles. The van der Waals surface area contributed by atoms with E-state index < -0.39 is 0 Å². The van der Waals surface area contributed by atoms with Crippen molar-refractivity contribution in [1.82, 2.24) is 4.90 Å². The number of hydrogen-bond donors (Lipinski definition) is 1. The number of aliphatic hydroxyl groups is 1. The van der Waals surface area contributed by atoms with Crippen LogP contribution in [-0.2, 0) is 4.74 Å². The van der Waals surface area contributed by atoms with Crippen LogP contribution in [0.1, 0.15) is 33.1 Å². The first kappa shape index (κ1) is 10.4. The van der Waals surface area contributed by atoms with Crippen molar-refractivity contribution >= 4 is 0 Å². The molecule has 1 aliphatic heterocycles. The molecular formula is C11H21NO2. The predicted molar refractivity (Wildman–Crippen MR) is 55.2 cm³/mol. The summed E-state index contributed by atoms with van der Waals surface area (Å²) >= 11 is 0. The first-order chi connectivity index (χ1) is 6.66. The molecule has 0 aromatic heterocycles. The molecule has 1 heterocycles. The summed E-state index contributed by atoms with van der Waals surface area (Å²) in [5.41, 5.74) is 0. The van der Waals surface area contributed by atoms with Crippen LogP contribution < -0.4 is 0 Å². The molecule has 2 unspecified atom stereocenters. The fraction of sp³-hybridized carbons (Fsp3) is 1.00. The summed E-state index contributed by atoms with van der Waals surface area (Å²) in [6.45, 7) is 6.19. The molecule has 0 aromatic rings. The second kappa shape index (κ2) is 4.17. The highest BCUT2D eigenvalue weighted by atomic mass is 16.5. The summed E-state index contributed by atoms with van der Waals surface area (Å²) in [6, 6.07) is 0.392. The van der Waals surface area contributed by atoms with Crippen molar-refractivity contribution in [3.8, 4) is 0 Å². The van der Waals surface area contributed by atoms with E-state index in [9.17, 15) is 5.11 Å². The van der Waals surface area contributed by atoms with Crippen molar-refractivity contribution in [2.24, 2.45) is 0 Å². The van der Waals surface area contributed by atoms with E-state index in [-0.39, 0.29) is 6.10 Å². The zero-order valence-corrected chi connectivity index (χ0v) is 9.15.